The fraction of sp³-hybridized carbons (Fsp3) is 0. The number of hydrogen-bond acceptors (Lipinski definition) is 2. The van der Waals surface area contributed by atoms with Crippen LogP contribution in [0.1, 0.15) is 0 Å². The van der Waals surface area contributed by atoms with Crippen LogP contribution < -0.4 is 0 Å². The maximum absolute atomic E-state index is 10.5. The van der Waals surface area contributed by atoms with Gasteiger partial charge in [0.25, 0.3) is 0 Å². The summed E-state index contributed by atoms with van der Waals surface area (Å²) in [6, 6.07) is 8.24. The molecule has 5 heteroatoms. The molecule has 0 saturated carbocycles. The van der Waals surface area contributed by atoms with Crippen molar-refractivity contribution in [2.24, 2.45) is 5.28 Å². The molecular formula is C6H6CaN2O2+2. The number of benzene rings is 1. The summed E-state index contributed by atoms with van der Waals surface area (Å²) in [5, 5.41) is 21.0. The van der Waals surface area contributed by atoms with Crippen LogP contribution in [0.2, 0.25) is 0 Å². The fourth-order valence-electron chi connectivity index (χ4n) is 0.607. The van der Waals surface area contributed by atoms with Gasteiger partial charge in [0, 0.05) is 12.1 Å². The quantitative estimate of drug-likeness (QED) is 0.305. The first kappa shape index (κ1) is 10.7. The molecule has 1 aromatic rings. The molecular weight excluding hydrogens is 172 g/mol. The second-order valence-electron chi connectivity index (χ2n) is 1.70. The van der Waals surface area contributed by atoms with Crippen molar-refractivity contribution in [3.63, 3.8) is 0 Å². The molecule has 0 unspecified atom stereocenters. The summed E-state index contributed by atoms with van der Waals surface area (Å²) >= 11 is 0. The molecule has 1 N–H and O–H groups in total. The molecule has 11 heavy (non-hydrogen) atoms. The third-order valence-electron chi connectivity index (χ3n) is 1.06. The van der Waals surface area contributed by atoms with E-state index in [4.69, 9.17) is 5.21 Å². The molecule has 1 aromatic carbocycles. The molecule has 0 heterocycles. The van der Waals surface area contributed by atoms with Gasteiger partial charge < -0.3 is 10.4 Å². The molecule has 0 aliphatic rings. The molecule has 0 fully saturated rings. The van der Waals surface area contributed by atoms with Crippen molar-refractivity contribution in [1.29, 1.82) is 0 Å². The molecule has 0 aliphatic heterocycles. The van der Waals surface area contributed by atoms with E-state index >= 15 is 0 Å². The van der Waals surface area contributed by atoms with Crippen LogP contribution in [-0.2, 0) is 0 Å². The molecule has 0 saturated heterocycles. The van der Waals surface area contributed by atoms with Gasteiger partial charge in [-0.25, -0.2) is 0 Å². The summed E-state index contributed by atoms with van der Waals surface area (Å²) < 4.78 is 0. The summed E-state index contributed by atoms with van der Waals surface area (Å²) in [4.78, 5) is 0.139. The molecule has 0 radical (unpaired) electrons. The van der Waals surface area contributed by atoms with Crippen LogP contribution in [0.25, 0.3) is 0 Å². The Balaban J connectivity index is 0.000001000. The summed E-state index contributed by atoms with van der Waals surface area (Å²) in [6.07, 6.45) is 0. The van der Waals surface area contributed by atoms with Crippen molar-refractivity contribution < 1.29 is 10.1 Å². The zero-order chi connectivity index (χ0) is 7.40. The van der Waals surface area contributed by atoms with Crippen molar-refractivity contribution in [1.82, 2.24) is 0 Å². The van der Waals surface area contributed by atoms with Gasteiger partial charge >= 0.3 is 37.7 Å². The largest absolute Gasteiger partial charge is 2.00 e. The van der Waals surface area contributed by atoms with E-state index in [2.05, 4.69) is 5.28 Å². The Labute approximate surface area is 93.7 Å². The van der Waals surface area contributed by atoms with E-state index in [1.165, 1.54) is 0 Å². The van der Waals surface area contributed by atoms with E-state index in [-0.39, 0.29) is 42.6 Å². The van der Waals surface area contributed by atoms with Gasteiger partial charge in [0.1, 0.15) is 0 Å². The standard InChI is InChI=1S/C6H6N2O2.Ca/c9-7-8(10)6-4-2-1-3-5-6;/h1-5,9H;/q;+2/b8-7+;. The molecule has 0 aromatic heterocycles. The Kier molecular flexibility index (Phi) is 5.19. The Bertz CT molecular complexity index is 238. The summed E-state index contributed by atoms with van der Waals surface area (Å²) in [5.74, 6) is 0. The van der Waals surface area contributed by atoms with Crippen LogP contribution in [0.4, 0.5) is 5.69 Å². The van der Waals surface area contributed by atoms with Crippen molar-refractivity contribution in [3.8, 4) is 0 Å². The van der Waals surface area contributed by atoms with Gasteiger partial charge in [0.15, 0.2) is 0 Å². The van der Waals surface area contributed by atoms with Crippen LogP contribution in [-0.4, -0.2) is 47.8 Å². The first-order valence-electron chi connectivity index (χ1n) is 2.72. The van der Waals surface area contributed by atoms with E-state index < -0.39 is 0 Å². The molecule has 52 valence electrons. The Hall–Kier alpha value is -0.320. The Morgan fingerprint density at radius 2 is 1.82 bits per heavy atom. The van der Waals surface area contributed by atoms with Crippen molar-refractivity contribution in [2.45, 2.75) is 0 Å². The molecule has 4 nitrogen and oxygen atoms in total. The molecule has 0 aliphatic carbocycles. The predicted molar refractivity (Wildman–Crippen MR) is 39.7 cm³/mol. The average molecular weight is 178 g/mol. The van der Waals surface area contributed by atoms with E-state index in [9.17, 15) is 5.21 Å². The smallest absolute Gasteiger partial charge is 0.592 e. The minimum atomic E-state index is 0. The van der Waals surface area contributed by atoms with Gasteiger partial charge in [-0.1, -0.05) is 18.2 Å². The van der Waals surface area contributed by atoms with Crippen LogP contribution in [0.5, 0.6) is 0 Å². The molecule has 0 bridgehead atoms. The summed E-state index contributed by atoms with van der Waals surface area (Å²) in [5.41, 5.74) is 0.310. The number of nitrogens with zero attached hydrogens (tertiary/aromatic N) is 2. The maximum atomic E-state index is 10.5. The van der Waals surface area contributed by atoms with Gasteiger partial charge in [0.2, 0.25) is 11.0 Å². The van der Waals surface area contributed by atoms with Gasteiger partial charge in [-0.05, 0) is 4.86 Å². The number of para-hydroxylation sites is 1. The molecule has 0 amide bonds. The van der Waals surface area contributed by atoms with Crippen molar-refractivity contribution >= 4 is 43.4 Å². The van der Waals surface area contributed by atoms with Gasteiger partial charge in [-0.2, -0.15) is 0 Å². The van der Waals surface area contributed by atoms with Crippen LogP contribution in [0, 0.1) is 5.21 Å². The normalized spacial score (nSPS) is 10.4. The second-order valence-corrected chi connectivity index (χ2v) is 1.70. The SMILES string of the molecule is [Ca+2].[O-]/[N+](=N/O)c1ccccc1. The van der Waals surface area contributed by atoms with E-state index in [1.54, 1.807) is 30.3 Å². The molecule has 1 rings (SSSR count). The maximum Gasteiger partial charge on any atom is 2.00 e. The summed E-state index contributed by atoms with van der Waals surface area (Å²) in [7, 11) is 0. The van der Waals surface area contributed by atoms with E-state index in [1.807, 2.05) is 0 Å². The Morgan fingerprint density at radius 1 is 1.27 bits per heavy atom. The molecule has 0 atom stereocenters. The second kappa shape index (κ2) is 5.35. The van der Waals surface area contributed by atoms with Crippen LogP contribution in [0.3, 0.4) is 0 Å². The fourth-order valence-corrected chi connectivity index (χ4v) is 0.607. The van der Waals surface area contributed by atoms with Gasteiger partial charge in [0.05, 0.1) is 0 Å². The first-order valence-corrected chi connectivity index (χ1v) is 2.72. The Morgan fingerprint density at radius 3 is 2.27 bits per heavy atom. The van der Waals surface area contributed by atoms with Crippen LogP contribution in [0.15, 0.2) is 35.6 Å². The third-order valence-corrected chi connectivity index (χ3v) is 1.06. The van der Waals surface area contributed by atoms with Crippen molar-refractivity contribution in [2.75, 3.05) is 0 Å². The number of rotatable bonds is 1. The summed E-state index contributed by atoms with van der Waals surface area (Å²) in [6.45, 7) is 0. The zero-order valence-corrected chi connectivity index (χ0v) is 8.05. The minimum Gasteiger partial charge on any atom is -0.592 e. The van der Waals surface area contributed by atoms with E-state index in [0.29, 0.717) is 5.69 Å². The average Bonchev–Trinajstić information content (AvgIpc) is 2.05. The number of hydrogen-bond donors (Lipinski definition) is 1. The van der Waals surface area contributed by atoms with Gasteiger partial charge in [-0.15, -0.1) is 0 Å². The van der Waals surface area contributed by atoms with E-state index in [0.717, 1.165) is 0 Å². The van der Waals surface area contributed by atoms with Crippen LogP contribution >= 0.6 is 0 Å². The van der Waals surface area contributed by atoms with Crippen molar-refractivity contribution in [3.05, 3.63) is 35.5 Å². The van der Waals surface area contributed by atoms with Gasteiger partial charge in [-0.3, -0.25) is 0 Å². The predicted octanol–water partition coefficient (Wildman–Crippen LogP) is 1.29. The molecule has 0 spiro atoms. The first-order chi connectivity index (χ1) is 4.84. The minimum absolute atomic E-state index is 0. The third kappa shape index (κ3) is 3.05. The monoisotopic (exact) mass is 178 g/mol. The topological polar surface area (TPSA) is 58.7 Å². The zero-order valence-electron chi connectivity index (χ0n) is 5.84.